The summed E-state index contributed by atoms with van der Waals surface area (Å²) in [4.78, 5) is 27.1. The maximum Gasteiger partial charge on any atom is 0.277 e. The maximum absolute atomic E-state index is 11.5. The predicted octanol–water partition coefficient (Wildman–Crippen LogP) is 1.25. The molecule has 4 N–H and O–H groups in total. The van der Waals surface area contributed by atoms with Gasteiger partial charge in [0.2, 0.25) is 6.41 Å². The Bertz CT molecular complexity index is 929. The van der Waals surface area contributed by atoms with Crippen molar-refractivity contribution in [3.63, 3.8) is 0 Å². The number of rotatable bonds is 5. The van der Waals surface area contributed by atoms with Crippen LogP contribution in [0.15, 0.2) is 18.2 Å². The molecule has 0 bridgehead atoms. The summed E-state index contributed by atoms with van der Waals surface area (Å²) in [6.45, 7) is 2.85. The van der Waals surface area contributed by atoms with Crippen LogP contribution in [0.1, 0.15) is 39.5 Å². The molecular formula is C19H19N3O4S. The number of amides is 2. The number of nitrogens with one attached hydrogen (secondary N) is 1. The molecule has 2 aromatic rings. The number of thiazole rings is 1. The van der Waals surface area contributed by atoms with Gasteiger partial charge >= 0.3 is 0 Å². The molecule has 2 heterocycles. The van der Waals surface area contributed by atoms with Gasteiger partial charge < -0.3 is 20.9 Å². The Morgan fingerprint density at radius 3 is 3.15 bits per heavy atom. The Hall–Kier alpha value is -2.89. The highest BCUT2D eigenvalue weighted by Gasteiger charge is 2.26. The summed E-state index contributed by atoms with van der Waals surface area (Å²) in [5, 5.41) is 12.6. The number of carbonyl (C=O) groups is 2. The number of fused-ring (bicyclic) bond motifs is 3. The van der Waals surface area contributed by atoms with E-state index in [0.29, 0.717) is 43.0 Å². The molecule has 1 aliphatic heterocycles. The van der Waals surface area contributed by atoms with E-state index in [2.05, 4.69) is 22.1 Å². The quantitative estimate of drug-likeness (QED) is 0.407. The Morgan fingerprint density at radius 1 is 1.59 bits per heavy atom. The Morgan fingerprint density at radius 2 is 2.41 bits per heavy atom. The smallest absolute Gasteiger partial charge is 0.277 e. The SMILES string of the molecule is CC1COc2ccc(C#CC(O)CCNC=O)cc2-c2nc(C(N)=O)sc21. The number of carbonyl (C=O) groups excluding carboxylic acids is 2. The van der Waals surface area contributed by atoms with Gasteiger partial charge in [-0.3, -0.25) is 9.59 Å². The van der Waals surface area contributed by atoms with Gasteiger partial charge in [0.1, 0.15) is 11.9 Å². The van der Waals surface area contributed by atoms with E-state index < -0.39 is 12.0 Å². The van der Waals surface area contributed by atoms with Gasteiger partial charge in [0.25, 0.3) is 5.91 Å². The number of primary amides is 1. The average Bonchev–Trinajstić information content (AvgIpc) is 3.06. The molecular weight excluding hydrogens is 366 g/mol. The van der Waals surface area contributed by atoms with Crippen LogP contribution >= 0.6 is 11.3 Å². The molecule has 2 unspecified atom stereocenters. The van der Waals surface area contributed by atoms with E-state index in [4.69, 9.17) is 10.5 Å². The lowest BCUT2D eigenvalue weighted by molar-refractivity contribution is -0.109. The van der Waals surface area contributed by atoms with Crippen LogP contribution in [0.4, 0.5) is 0 Å². The van der Waals surface area contributed by atoms with Crippen LogP contribution < -0.4 is 15.8 Å². The normalized spacial score (nSPS) is 15.9. The largest absolute Gasteiger partial charge is 0.492 e. The molecule has 2 atom stereocenters. The van der Waals surface area contributed by atoms with Crippen molar-refractivity contribution < 1.29 is 19.4 Å². The number of benzene rings is 1. The zero-order chi connectivity index (χ0) is 19.4. The molecule has 7 nitrogen and oxygen atoms in total. The minimum absolute atomic E-state index is 0.0830. The average molecular weight is 385 g/mol. The predicted molar refractivity (Wildman–Crippen MR) is 102 cm³/mol. The molecule has 0 aliphatic carbocycles. The fraction of sp³-hybridized carbons (Fsp3) is 0.316. The van der Waals surface area contributed by atoms with Crippen molar-refractivity contribution in [2.75, 3.05) is 13.2 Å². The van der Waals surface area contributed by atoms with Crippen LogP contribution in [0.2, 0.25) is 0 Å². The van der Waals surface area contributed by atoms with Crippen LogP contribution in [0, 0.1) is 11.8 Å². The number of aliphatic hydroxyl groups excluding tert-OH is 1. The van der Waals surface area contributed by atoms with Gasteiger partial charge in [-0.25, -0.2) is 4.98 Å². The fourth-order valence-corrected chi connectivity index (χ4v) is 3.66. The molecule has 1 aliphatic rings. The van der Waals surface area contributed by atoms with E-state index in [1.54, 1.807) is 6.07 Å². The van der Waals surface area contributed by atoms with E-state index in [0.717, 1.165) is 10.4 Å². The monoisotopic (exact) mass is 385 g/mol. The Balaban J connectivity index is 1.92. The number of aliphatic hydroxyl groups is 1. The van der Waals surface area contributed by atoms with Crippen molar-refractivity contribution >= 4 is 23.7 Å². The van der Waals surface area contributed by atoms with Crippen molar-refractivity contribution in [1.82, 2.24) is 10.3 Å². The first kappa shape index (κ1) is 18.9. The first-order valence-electron chi connectivity index (χ1n) is 8.44. The third-order valence-electron chi connectivity index (χ3n) is 4.06. The van der Waals surface area contributed by atoms with Gasteiger partial charge in [0.15, 0.2) is 5.01 Å². The number of ether oxygens (including phenoxy) is 1. The Kier molecular flexibility index (Phi) is 5.74. The summed E-state index contributed by atoms with van der Waals surface area (Å²) in [5.41, 5.74) is 7.52. The summed E-state index contributed by atoms with van der Waals surface area (Å²) in [5.74, 6) is 5.88. The highest BCUT2D eigenvalue weighted by Crippen LogP contribution is 2.41. The number of hydrogen-bond donors (Lipinski definition) is 3. The molecule has 0 spiro atoms. The maximum atomic E-state index is 11.5. The fourth-order valence-electron chi connectivity index (χ4n) is 2.69. The van der Waals surface area contributed by atoms with Gasteiger partial charge in [-0.2, -0.15) is 0 Å². The minimum Gasteiger partial charge on any atom is -0.492 e. The van der Waals surface area contributed by atoms with Gasteiger partial charge in [-0.05, 0) is 18.2 Å². The molecule has 8 heteroatoms. The summed E-state index contributed by atoms with van der Waals surface area (Å²) in [6.07, 6.45) is 0.0818. The van der Waals surface area contributed by atoms with Crippen molar-refractivity contribution in [3.8, 4) is 28.8 Å². The summed E-state index contributed by atoms with van der Waals surface area (Å²) in [7, 11) is 0. The lowest BCUT2D eigenvalue weighted by atomic mass is 10.0. The molecule has 1 aromatic heterocycles. The third-order valence-corrected chi connectivity index (χ3v) is 5.37. The molecule has 0 fully saturated rings. The molecule has 0 saturated heterocycles. The second kappa shape index (κ2) is 8.20. The molecule has 0 saturated carbocycles. The van der Waals surface area contributed by atoms with Gasteiger partial charge in [0.05, 0.1) is 12.3 Å². The second-order valence-corrected chi connectivity index (χ2v) is 7.20. The van der Waals surface area contributed by atoms with Crippen LogP contribution in [-0.4, -0.2) is 41.7 Å². The molecule has 140 valence electrons. The first-order chi connectivity index (χ1) is 13.0. The Labute approximate surface area is 160 Å². The lowest BCUT2D eigenvalue weighted by Crippen LogP contribution is -2.17. The molecule has 3 rings (SSSR count). The summed E-state index contributed by atoms with van der Waals surface area (Å²) < 4.78 is 5.86. The molecule has 27 heavy (non-hydrogen) atoms. The summed E-state index contributed by atoms with van der Waals surface area (Å²) in [6, 6.07) is 5.45. The standard InChI is InChI=1S/C19H19N3O4S/c1-11-9-26-15-5-3-12(2-4-13(24)6-7-21-10-23)8-14(15)16-17(11)27-19(22-16)18(20)25/h3,5,8,10-11,13,24H,6-7,9H2,1H3,(H2,20,25)(H,21,23). The van der Waals surface area contributed by atoms with Crippen LogP contribution in [0.25, 0.3) is 11.3 Å². The van der Waals surface area contributed by atoms with Crippen molar-refractivity contribution in [2.24, 2.45) is 5.73 Å². The van der Waals surface area contributed by atoms with Gasteiger partial charge in [-0.15, -0.1) is 11.3 Å². The van der Waals surface area contributed by atoms with E-state index in [9.17, 15) is 14.7 Å². The number of nitrogens with zero attached hydrogens (tertiary/aromatic N) is 1. The van der Waals surface area contributed by atoms with E-state index in [1.165, 1.54) is 11.3 Å². The van der Waals surface area contributed by atoms with Crippen LogP contribution in [0.3, 0.4) is 0 Å². The first-order valence-corrected chi connectivity index (χ1v) is 9.25. The number of aromatic nitrogens is 1. The zero-order valence-electron chi connectivity index (χ0n) is 14.7. The molecule has 2 amide bonds. The highest BCUT2D eigenvalue weighted by molar-refractivity contribution is 7.14. The highest BCUT2D eigenvalue weighted by atomic mass is 32.1. The molecule has 0 radical (unpaired) electrons. The number of nitrogens with two attached hydrogens (primary N) is 1. The molecule has 1 aromatic carbocycles. The van der Waals surface area contributed by atoms with E-state index >= 15 is 0 Å². The van der Waals surface area contributed by atoms with Crippen molar-refractivity contribution in [2.45, 2.75) is 25.4 Å². The van der Waals surface area contributed by atoms with Crippen LogP contribution in [-0.2, 0) is 4.79 Å². The van der Waals surface area contributed by atoms with E-state index in [1.807, 2.05) is 19.1 Å². The van der Waals surface area contributed by atoms with Gasteiger partial charge in [-0.1, -0.05) is 18.8 Å². The van der Waals surface area contributed by atoms with Gasteiger partial charge in [0, 0.05) is 34.9 Å². The third kappa shape index (κ3) is 4.27. The van der Waals surface area contributed by atoms with Crippen LogP contribution in [0.5, 0.6) is 5.75 Å². The topological polar surface area (TPSA) is 115 Å². The number of hydrogen-bond acceptors (Lipinski definition) is 6. The summed E-state index contributed by atoms with van der Waals surface area (Å²) >= 11 is 1.29. The minimum atomic E-state index is -0.844. The van der Waals surface area contributed by atoms with Crippen molar-refractivity contribution in [3.05, 3.63) is 33.6 Å². The van der Waals surface area contributed by atoms with Crippen molar-refractivity contribution in [1.29, 1.82) is 0 Å². The second-order valence-electron chi connectivity index (χ2n) is 6.16. The lowest BCUT2D eigenvalue weighted by Gasteiger charge is -2.08. The van der Waals surface area contributed by atoms with E-state index in [-0.39, 0.29) is 10.9 Å². The zero-order valence-corrected chi connectivity index (χ0v) is 15.5.